The summed E-state index contributed by atoms with van der Waals surface area (Å²) in [5.74, 6) is -2.20. The zero-order chi connectivity index (χ0) is 15.1. The third kappa shape index (κ3) is 7.08. The lowest BCUT2D eigenvalue weighted by atomic mass is 10.2. The first-order chi connectivity index (χ1) is 8.70. The van der Waals surface area contributed by atoms with Gasteiger partial charge in [-0.1, -0.05) is 0 Å². The zero-order valence-corrected chi connectivity index (χ0v) is 12.4. The molecule has 0 aliphatic rings. The van der Waals surface area contributed by atoms with E-state index in [0.29, 0.717) is 6.42 Å². The largest absolute Gasteiger partial charge is 0.479 e. The third-order valence-corrected chi connectivity index (χ3v) is 3.28. The van der Waals surface area contributed by atoms with E-state index in [1.165, 1.54) is 13.8 Å². The highest BCUT2D eigenvalue weighted by atomic mass is 31.1. The summed E-state index contributed by atoms with van der Waals surface area (Å²) in [4.78, 5) is 33.9. The van der Waals surface area contributed by atoms with Gasteiger partial charge in [-0.3, -0.25) is 15.3 Å². The van der Waals surface area contributed by atoms with E-state index in [1.54, 1.807) is 0 Å². The van der Waals surface area contributed by atoms with Gasteiger partial charge in [-0.25, -0.2) is 4.79 Å². The predicted molar refractivity (Wildman–Crippen MR) is 74.3 cm³/mol. The van der Waals surface area contributed by atoms with Crippen molar-refractivity contribution < 1.29 is 19.5 Å². The van der Waals surface area contributed by atoms with Crippen molar-refractivity contribution >= 4 is 26.4 Å². The van der Waals surface area contributed by atoms with Gasteiger partial charge in [0.25, 0.3) is 0 Å². The van der Waals surface area contributed by atoms with Gasteiger partial charge in [0.05, 0.1) is 0 Å². The molecule has 0 aliphatic carbocycles. The van der Waals surface area contributed by atoms with Crippen molar-refractivity contribution in [3.8, 4) is 0 Å². The molecule has 0 bridgehead atoms. The number of amides is 2. The van der Waals surface area contributed by atoms with Crippen LogP contribution in [-0.2, 0) is 14.4 Å². The fourth-order valence-corrected chi connectivity index (χ4v) is 1.75. The molecule has 110 valence electrons. The van der Waals surface area contributed by atoms with Crippen molar-refractivity contribution in [3.05, 3.63) is 0 Å². The molecule has 7 nitrogen and oxygen atoms in total. The maximum absolute atomic E-state index is 11.7. The quantitative estimate of drug-likeness (QED) is 0.272. The summed E-state index contributed by atoms with van der Waals surface area (Å²) >= 11 is 0. The van der Waals surface area contributed by atoms with Crippen molar-refractivity contribution in [1.29, 1.82) is 0 Å². The van der Waals surface area contributed by atoms with Crippen molar-refractivity contribution in [3.63, 3.8) is 0 Å². The van der Waals surface area contributed by atoms with Gasteiger partial charge in [0.1, 0.15) is 6.04 Å². The number of nitrogens with two attached hydrogens (primary N) is 1. The summed E-state index contributed by atoms with van der Waals surface area (Å²) in [5, 5.41) is 13.4. The van der Waals surface area contributed by atoms with Crippen LogP contribution in [0.25, 0.3) is 0 Å². The standard InChI is InChI=1S/C11H22N3O4P/c1-7(13-8(15)5-4-6-19-3)9(16)14-11(2,12)10(17)18/h7,19H,4-6,12H2,1-3H3,(H,13,15)(H,14,16)(H,17,18). The van der Waals surface area contributed by atoms with Crippen LogP contribution in [0.1, 0.15) is 26.7 Å². The van der Waals surface area contributed by atoms with E-state index >= 15 is 0 Å². The second-order valence-electron chi connectivity index (χ2n) is 4.49. The number of carboxylic acids is 1. The van der Waals surface area contributed by atoms with E-state index in [0.717, 1.165) is 21.2 Å². The third-order valence-electron chi connectivity index (χ3n) is 2.43. The molecule has 0 aromatic rings. The summed E-state index contributed by atoms with van der Waals surface area (Å²) in [5.41, 5.74) is 3.54. The molecular weight excluding hydrogens is 269 g/mol. The van der Waals surface area contributed by atoms with Gasteiger partial charge in [-0.15, -0.1) is 8.58 Å². The van der Waals surface area contributed by atoms with Gasteiger partial charge in [0, 0.05) is 6.42 Å². The molecule has 0 fully saturated rings. The first-order valence-electron chi connectivity index (χ1n) is 5.99. The van der Waals surface area contributed by atoms with Gasteiger partial charge in [0.2, 0.25) is 11.8 Å². The Morgan fingerprint density at radius 1 is 1.42 bits per heavy atom. The lowest BCUT2D eigenvalue weighted by Crippen LogP contribution is -2.62. The van der Waals surface area contributed by atoms with Crippen LogP contribution in [0.2, 0.25) is 0 Å². The minimum Gasteiger partial charge on any atom is -0.479 e. The molecule has 0 radical (unpaired) electrons. The smallest absolute Gasteiger partial charge is 0.344 e. The molecule has 0 aromatic carbocycles. The molecule has 3 unspecified atom stereocenters. The Labute approximate surface area is 114 Å². The zero-order valence-electron chi connectivity index (χ0n) is 11.4. The lowest BCUT2D eigenvalue weighted by molar-refractivity contribution is -0.147. The Kier molecular flexibility index (Phi) is 7.56. The molecule has 0 saturated heterocycles. The van der Waals surface area contributed by atoms with Gasteiger partial charge in [-0.05, 0) is 33.1 Å². The van der Waals surface area contributed by atoms with E-state index in [1.807, 2.05) is 0 Å². The number of carboxylic acid groups (broad SMARTS) is 1. The van der Waals surface area contributed by atoms with Crippen LogP contribution in [0.3, 0.4) is 0 Å². The van der Waals surface area contributed by atoms with Crippen LogP contribution in [0.5, 0.6) is 0 Å². The van der Waals surface area contributed by atoms with E-state index in [9.17, 15) is 14.4 Å². The van der Waals surface area contributed by atoms with E-state index in [-0.39, 0.29) is 5.91 Å². The van der Waals surface area contributed by atoms with Crippen LogP contribution in [-0.4, -0.2) is 47.4 Å². The molecule has 19 heavy (non-hydrogen) atoms. The Morgan fingerprint density at radius 2 is 2.00 bits per heavy atom. The number of carbonyl (C=O) groups excluding carboxylic acids is 2. The van der Waals surface area contributed by atoms with Gasteiger partial charge in [0.15, 0.2) is 5.66 Å². The van der Waals surface area contributed by atoms with Gasteiger partial charge in [-0.2, -0.15) is 0 Å². The fraction of sp³-hybridized carbons (Fsp3) is 0.727. The predicted octanol–water partition coefficient (Wildman–Crippen LogP) is -0.545. The Balaban J connectivity index is 4.20. The van der Waals surface area contributed by atoms with Crippen LogP contribution in [0, 0.1) is 0 Å². The van der Waals surface area contributed by atoms with Crippen molar-refractivity contribution in [2.75, 3.05) is 12.8 Å². The summed E-state index contributed by atoms with van der Waals surface area (Å²) in [6.45, 7) is 4.71. The minimum absolute atomic E-state index is 0.227. The Hall–Kier alpha value is -1.20. The average Bonchev–Trinajstić information content (AvgIpc) is 2.28. The molecule has 0 heterocycles. The topological polar surface area (TPSA) is 122 Å². The molecule has 0 aromatic heterocycles. The van der Waals surface area contributed by atoms with Gasteiger partial charge >= 0.3 is 5.97 Å². The highest BCUT2D eigenvalue weighted by Gasteiger charge is 2.31. The highest BCUT2D eigenvalue weighted by molar-refractivity contribution is 7.36. The second kappa shape index (κ2) is 8.07. The Bertz CT molecular complexity index is 347. The molecule has 0 aliphatic heterocycles. The molecule has 2 amide bonds. The lowest BCUT2D eigenvalue weighted by Gasteiger charge is -2.23. The molecular formula is C11H22N3O4P. The highest BCUT2D eigenvalue weighted by Crippen LogP contribution is 2.05. The van der Waals surface area contributed by atoms with Gasteiger partial charge < -0.3 is 15.7 Å². The van der Waals surface area contributed by atoms with Crippen LogP contribution >= 0.6 is 8.58 Å². The molecule has 0 spiro atoms. The van der Waals surface area contributed by atoms with Crippen molar-refractivity contribution in [2.45, 2.75) is 38.4 Å². The average molecular weight is 291 g/mol. The fourth-order valence-electron chi connectivity index (χ4n) is 1.22. The van der Waals surface area contributed by atoms with Crippen LogP contribution in [0.15, 0.2) is 0 Å². The summed E-state index contributed by atoms with van der Waals surface area (Å²) in [6.07, 6.45) is 2.12. The number of hydrogen-bond donors (Lipinski definition) is 4. The second-order valence-corrected chi connectivity index (χ2v) is 5.70. The maximum atomic E-state index is 11.7. The summed E-state index contributed by atoms with van der Waals surface area (Å²) in [7, 11) is 0.797. The first-order valence-corrected chi connectivity index (χ1v) is 7.69. The SMILES string of the molecule is CPCCCC(=O)NC(C)C(=O)NC(C)(N)C(=O)O. The summed E-state index contributed by atoms with van der Waals surface area (Å²) < 4.78 is 0. The number of nitrogens with one attached hydrogen (secondary N) is 2. The van der Waals surface area contributed by atoms with Crippen molar-refractivity contribution in [1.82, 2.24) is 10.6 Å². The monoisotopic (exact) mass is 291 g/mol. The normalized spacial score (nSPS) is 15.8. The number of rotatable bonds is 8. The van der Waals surface area contributed by atoms with E-state index in [4.69, 9.17) is 10.8 Å². The maximum Gasteiger partial charge on any atom is 0.344 e. The molecule has 5 N–H and O–H groups in total. The number of carbonyl (C=O) groups is 3. The van der Waals surface area contributed by atoms with Crippen molar-refractivity contribution in [2.24, 2.45) is 5.73 Å². The van der Waals surface area contributed by atoms with E-state index < -0.39 is 23.6 Å². The van der Waals surface area contributed by atoms with E-state index in [2.05, 4.69) is 17.3 Å². The molecule has 0 saturated carbocycles. The van der Waals surface area contributed by atoms with Crippen LogP contribution in [0.4, 0.5) is 0 Å². The first kappa shape index (κ1) is 17.8. The Morgan fingerprint density at radius 3 is 2.47 bits per heavy atom. The molecule has 0 rings (SSSR count). The minimum atomic E-state index is -1.85. The molecule has 8 heteroatoms. The summed E-state index contributed by atoms with van der Waals surface area (Å²) in [6, 6.07) is -0.821. The van der Waals surface area contributed by atoms with Crippen LogP contribution < -0.4 is 16.4 Å². The number of hydrogen-bond acceptors (Lipinski definition) is 4. The number of aliphatic carboxylic acids is 1. The molecule has 3 atom stereocenters.